The number of ether oxygens (including phenoxy) is 8. The van der Waals surface area contributed by atoms with E-state index in [1.54, 1.807) is 32.7 Å². The molecule has 12 nitrogen and oxygen atoms in total. The number of methoxy groups -OCH3 is 3. The minimum atomic E-state index is -0.628. The molecular weight excluding hydrogens is 749 g/mol. The molecule has 4 fully saturated rings. The maximum Gasteiger partial charge on any atom is 0.306 e. The number of esters is 1. The normalized spacial score (nSPS) is 42.6. The summed E-state index contributed by atoms with van der Waals surface area (Å²) in [5.74, 6) is -0.553. The zero-order valence-electron chi connectivity index (χ0n) is 35.8. The SMILES string of the molecule is CCc1nc2c(s1)[C@@H]1C[C@@H](O[C@@H]3OC(C)[C@H](OC)C(OC)[C@@H]3OC)C[C@H]1[C@@H]1C=C3C(=O)[C@H](C)[C@@H](O[C@H]4CC[C@H](N(C)C)C(C)O4)CCC[C@H](CC)OC(=O)C[C@H]3[C@H]21. The molecule has 6 aliphatic rings. The Morgan fingerprint density at radius 1 is 0.877 bits per heavy atom. The van der Waals surface area contributed by atoms with Crippen LogP contribution in [0.2, 0.25) is 0 Å². The molecule has 57 heavy (non-hydrogen) atoms. The monoisotopic (exact) mass is 816 g/mol. The number of fused-ring (bicyclic) bond motifs is 8. The maximum absolute atomic E-state index is 15.0. The zero-order valence-corrected chi connectivity index (χ0v) is 36.7. The number of allylic oxidation sites excluding steroid dienone is 2. The average Bonchev–Trinajstić information content (AvgIpc) is 3.91. The second-order valence-electron chi connectivity index (χ2n) is 17.7. The number of aryl methyl sites for hydroxylation is 1. The first-order valence-electron chi connectivity index (χ1n) is 21.7. The van der Waals surface area contributed by atoms with E-state index in [9.17, 15) is 4.79 Å². The van der Waals surface area contributed by atoms with Crippen molar-refractivity contribution in [2.45, 2.75) is 178 Å². The van der Waals surface area contributed by atoms with E-state index in [1.807, 2.05) is 13.8 Å². The highest BCUT2D eigenvalue weighted by molar-refractivity contribution is 7.11. The summed E-state index contributed by atoms with van der Waals surface area (Å²) in [4.78, 5) is 37.7. The molecule has 0 spiro atoms. The van der Waals surface area contributed by atoms with Gasteiger partial charge in [-0.25, -0.2) is 4.98 Å². The quantitative estimate of drug-likeness (QED) is 0.237. The summed E-state index contributed by atoms with van der Waals surface area (Å²) in [7, 11) is 9.17. The molecule has 0 bridgehead atoms. The van der Waals surface area contributed by atoms with Gasteiger partial charge in [0.25, 0.3) is 0 Å². The summed E-state index contributed by atoms with van der Waals surface area (Å²) >= 11 is 1.79. The standard InChI is InChI=1S/C44H68N2O10S/c1-11-25-14-13-15-33(56-36-17-16-32(46(6)7)23(4)52-36)22(3)39(48)30-20-28-27-18-26(55-44-42(51-10)41(50-9)40(49-8)24(5)53-44)19-31(27)43-38(45-34(12-2)57-43)37(28)29(30)21-35(47)54-25/h20,22-29,31-33,36-37,40-42,44H,11-19,21H2,1-10H3/t22-,23?,24?,25+,26+,27+,28+,29-,31-,32+,33+,36+,37-,40+,41?,42+,44+/m1/s1. The average molecular weight is 817 g/mol. The van der Waals surface area contributed by atoms with E-state index in [1.165, 1.54) is 4.88 Å². The third-order valence-corrected chi connectivity index (χ3v) is 15.6. The van der Waals surface area contributed by atoms with E-state index >= 15 is 4.79 Å². The molecule has 1 aromatic heterocycles. The van der Waals surface area contributed by atoms with Crippen LogP contribution in [0.5, 0.6) is 0 Å². The molecule has 17 atom stereocenters. The highest BCUT2D eigenvalue weighted by atomic mass is 32.1. The van der Waals surface area contributed by atoms with Crippen LogP contribution in [0.25, 0.3) is 0 Å². The van der Waals surface area contributed by atoms with Gasteiger partial charge >= 0.3 is 5.97 Å². The van der Waals surface area contributed by atoms with Crippen molar-refractivity contribution in [2.75, 3.05) is 35.4 Å². The van der Waals surface area contributed by atoms with Gasteiger partial charge in [-0.15, -0.1) is 11.3 Å². The van der Waals surface area contributed by atoms with Crippen LogP contribution in [-0.2, 0) is 53.9 Å². The molecule has 0 aromatic carbocycles. The third-order valence-electron chi connectivity index (χ3n) is 14.2. The van der Waals surface area contributed by atoms with E-state index in [0.717, 1.165) is 67.6 Å². The van der Waals surface area contributed by atoms with E-state index < -0.39 is 18.3 Å². The molecular formula is C44H68N2O10S. The summed E-state index contributed by atoms with van der Waals surface area (Å²) in [6.07, 6.45) is 6.59. The lowest BCUT2D eigenvalue weighted by Gasteiger charge is -2.44. The lowest BCUT2D eigenvalue weighted by molar-refractivity contribution is -0.314. The van der Waals surface area contributed by atoms with Crippen molar-refractivity contribution in [1.82, 2.24) is 9.88 Å². The van der Waals surface area contributed by atoms with E-state index in [4.69, 9.17) is 42.9 Å². The van der Waals surface area contributed by atoms with Gasteiger partial charge in [0.2, 0.25) is 0 Å². The number of hydrogen-bond donors (Lipinski definition) is 0. The van der Waals surface area contributed by atoms with Crippen LogP contribution in [0, 0.1) is 23.7 Å². The Labute approximate surface area is 344 Å². The number of Topliss-reactive ketones (excluding diaryl/α,β-unsaturated/α-hetero) is 1. The van der Waals surface area contributed by atoms with Gasteiger partial charge in [-0.05, 0) is 103 Å². The van der Waals surface area contributed by atoms with Crippen molar-refractivity contribution in [1.29, 1.82) is 0 Å². The van der Waals surface area contributed by atoms with Crippen molar-refractivity contribution in [2.24, 2.45) is 23.7 Å². The number of aromatic nitrogens is 1. The van der Waals surface area contributed by atoms with Crippen molar-refractivity contribution in [3.05, 3.63) is 27.2 Å². The highest BCUT2D eigenvalue weighted by Gasteiger charge is 2.57. The van der Waals surface area contributed by atoms with Crippen LogP contribution in [-0.4, -0.2) is 125 Å². The first-order valence-corrected chi connectivity index (χ1v) is 22.5. The van der Waals surface area contributed by atoms with E-state index in [2.05, 4.69) is 45.8 Å². The summed E-state index contributed by atoms with van der Waals surface area (Å²) in [5, 5.41) is 1.09. The predicted molar refractivity (Wildman–Crippen MR) is 215 cm³/mol. The van der Waals surface area contributed by atoms with Crippen molar-refractivity contribution in [3.8, 4) is 0 Å². The summed E-state index contributed by atoms with van der Waals surface area (Å²) in [5.41, 5.74) is 1.79. The molecule has 320 valence electrons. The molecule has 3 saturated heterocycles. The molecule has 4 heterocycles. The van der Waals surface area contributed by atoms with Crippen LogP contribution in [0.3, 0.4) is 0 Å². The Hall–Kier alpha value is -1.81. The molecule has 3 unspecified atom stereocenters. The topological polar surface area (TPSA) is 124 Å². The van der Waals surface area contributed by atoms with Crippen LogP contribution < -0.4 is 0 Å². The summed E-state index contributed by atoms with van der Waals surface area (Å²) < 4.78 is 50.3. The number of cyclic esters (lactones) is 1. The van der Waals surface area contributed by atoms with Crippen LogP contribution in [0.1, 0.15) is 120 Å². The molecule has 1 aromatic rings. The number of ketones is 1. The fourth-order valence-corrected chi connectivity index (χ4v) is 12.5. The van der Waals surface area contributed by atoms with Crippen molar-refractivity contribution in [3.63, 3.8) is 0 Å². The molecule has 7 rings (SSSR count). The Morgan fingerprint density at radius 3 is 2.30 bits per heavy atom. The number of likely N-dealkylation sites (N-methyl/N-ethyl adjacent to an activating group) is 1. The van der Waals surface area contributed by atoms with Gasteiger partial charge < -0.3 is 42.8 Å². The molecule has 3 aliphatic heterocycles. The highest BCUT2D eigenvalue weighted by Crippen LogP contribution is 2.62. The van der Waals surface area contributed by atoms with E-state index in [0.29, 0.717) is 12.5 Å². The molecule has 0 radical (unpaired) electrons. The second kappa shape index (κ2) is 18.4. The number of hydrogen-bond acceptors (Lipinski definition) is 13. The van der Waals surface area contributed by atoms with Crippen LogP contribution >= 0.6 is 11.3 Å². The second-order valence-corrected chi connectivity index (χ2v) is 18.8. The molecule has 1 saturated carbocycles. The fourth-order valence-electron chi connectivity index (χ4n) is 11.3. The Bertz CT molecular complexity index is 1590. The van der Waals surface area contributed by atoms with Crippen LogP contribution in [0.15, 0.2) is 11.6 Å². The predicted octanol–water partition coefficient (Wildman–Crippen LogP) is 6.59. The first-order chi connectivity index (χ1) is 27.4. The summed E-state index contributed by atoms with van der Waals surface area (Å²) in [6.45, 7) is 10.3. The lowest BCUT2D eigenvalue weighted by Crippen LogP contribution is -2.59. The van der Waals surface area contributed by atoms with Gasteiger partial charge in [-0.2, -0.15) is 0 Å². The van der Waals surface area contributed by atoms with Gasteiger partial charge in [0, 0.05) is 55.9 Å². The Morgan fingerprint density at radius 2 is 1.63 bits per heavy atom. The van der Waals surface area contributed by atoms with Gasteiger partial charge in [-0.3, -0.25) is 9.59 Å². The minimum absolute atomic E-state index is 0.0227. The first kappa shape index (κ1) is 43.3. The minimum Gasteiger partial charge on any atom is -0.462 e. The largest absolute Gasteiger partial charge is 0.462 e. The number of carbonyl (C=O) groups excluding carboxylic acids is 2. The van der Waals surface area contributed by atoms with Crippen molar-refractivity contribution >= 4 is 23.1 Å². The number of carbonyl (C=O) groups is 2. The third kappa shape index (κ3) is 8.58. The smallest absolute Gasteiger partial charge is 0.306 e. The maximum atomic E-state index is 15.0. The Kier molecular flexibility index (Phi) is 14.0. The van der Waals surface area contributed by atoms with Gasteiger partial charge in [0.05, 0.1) is 41.5 Å². The lowest BCUT2D eigenvalue weighted by atomic mass is 9.67. The van der Waals surface area contributed by atoms with E-state index in [-0.39, 0.29) is 96.8 Å². The van der Waals surface area contributed by atoms with Crippen LogP contribution in [0.4, 0.5) is 0 Å². The molecule has 3 aliphatic carbocycles. The van der Waals surface area contributed by atoms with Gasteiger partial charge in [0.15, 0.2) is 18.4 Å². The Balaban J connectivity index is 1.19. The molecule has 0 amide bonds. The fraction of sp³-hybridized carbons (Fsp3) is 0.841. The summed E-state index contributed by atoms with van der Waals surface area (Å²) in [6, 6.07) is 0.326. The van der Waals surface area contributed by atoms with Gasteiger partial charge in [0.1, 0.15) is 24.4 Å². The van der Waals surface area contributed by atoms with Gasteiger partial charge in [-0.1, -0.05) is 26.8 Å². The molecule has 0 N–H and O–H groups in total. The van der Waals surface area contributed by atoms with Crippen molar-refractivity contribution < 1.29 is 47.5 Å². The number of nitrogens with zero attached hydrogens (tertiary/aromatic N) is 2. The number of thiazole rings is 1. The zero-order chi connectivity index (χ0) is 40.7. The number of rotatable bonds is 10. The molecule has 13 heteroatoms.